The van der Waals surface area contributed by atoms with Crippen LogP contribution in [-0.4, -0.2) is 28.9 Å². The monoisotopic (exact) mass is 304 g/mol. The molecule has 0 atom stereocenters. The Morgan fingerprint density at radius 3 is 2.81 bits per heavy atom. The van der Waals surface area contributed by atoms with Gasteiger partial charge in [0.2, 0.25) is 0 Å². The SMILES string of the molecule is Cc1sc(-c2ccco2)nc1C(=O)N(C)C1CCCCC1. The van der Waals surface area contributed by atoms with Crippen LogP contribution in [0.2, 0.25) is 0 Å². The van der Waals surface area contributed by atoms with E-state index in [2.05, 4.69) is 4.98 Å². The molecule has 0 bridgehead atoms. The van der Waals surface area contributed by atoms with Crippen molar-refractivity contribution < 1.29 is 9.21 Å². The third-order valence-electron chi connectivity index (χ3n) is 4.17. The van der Waals surface area contributed by atoms with Crippen LogP contribution in [0.25, 0.3) is 10.8 Å². The van der Waals surface area contributed by atoms with Gasteiger partial charge in [0.1, 0.15) is 5.69 Å². The van der Waals surface area contributed by atoms with Crippen molar-refractivity contribution in [2.45, 2.75) is 45.1 Å². The average Bonchev–Trinajstić information content (AvgIpc) is 3.16. The van der Waals surface area contributed by atoms with Crippen molar-refractivity contribution in [3.8, 4) is 10.8 Å². The summed E-state index contributed by atoms with van der Waals surface area (Å²) in [5, 5.41) is 0.776. The molecule has 0 unspecified atom stereocenters. The lowest BCUT2D eigenvalue weighted by Gasteiger charge is -2.30. The van der Waals surface area contributed by atoms with Gasteiger partial charge in [-0.15, -0.1) is 11.3 Å². The maximum Gasteiger partial charge on any atom is 0.273 e. The first-order chi connectivity index (χ1) is 10.2. The Hall–Kier alpha value is -1.62. The summed E-state index contributed by atoms with van der Waals surface area (Å²) in [6, 6.07) is 4.07. The minimum absolute atomic E-state index is 0.0356. The second-order valence-corrected chi connectivity index (χ2v) is 6.81. The quantitative estimate of drug-likeness (QED) is 0.857. The van der Waals surface area contributed by atoms with Gasteiger partial charge in [0.05, 0.1) is 6.26 Å². The number of furan rings is 1. The van der Waals surface area contributed by atoms with Crippen LogP contribution < -0.4 is 0 Å². The zero-order chi connectivity index (χ0) is 14.8. The Kier molecular flexibility index (Phi) is 4.10. The minimum Gasteiger partial charge on any atom is -0.462 e. The Labute approximate surface area is 128 Å². The molecular weight excluding hydrogens is 284 g/mol. The van der Waals surface area contributed by atoms with Crippen LogP contribution in [0, 0.1) is 6.92 Å². The molecule has 4 nitrogen and oxygen atoms in total. The third-order valence-corrected chi connectivity index (χ3v) is 5.16. The average molecular weight is 304 g/mol. The van der Waals surface area contributed by atoms with Gasteiger partial charge in [-0.1, -0.05) is 19.3 Å². The van der Waals surface area contributed by atoms with Crippen LogP contribution in [0.3, 0.4) is 0 Å². The number of thiazole rings is 1. The van der Waals surface area contributed by atoms with E-state index in [-0.39, 0.29) is 5.91 Å². The van der Waals surface area contributed by atoms with E-state index in [1.165, 1.54) is 30.6 Å². The molecule has 5 heteroatoms. The van der Waals surface area contributed by atoms with Crippen LogP contribution in [0.1, 0.15) is 47.5 Å². The number of aromatic nitrogens is 1. The van der Waals surface area contributed by atoms with Gasteiger partial charge in [-0.3, -0.25) is 4.79 Å². The number of aryl methyl sites for hydroxylation is 1. The summed E-state index contributed by atoms with van der Waals surface area (Å²) in [5.74, 6) is 0.760. The molecule has 0 N–H and O–H groups in total. The van der Waals surface area contributed by atoms with Crippen molar-refractivity contribution in [2.75, 3.05) is 7.05 Å². The summed E-state index contributed by atoms with van der Waals surface area (Å²) in [4.78, 5) is 20.0. The van der Waals surface area contributed by atoms with E-state index in [1.807, 2.05) is 31.0 Å². The second-order valence-electron chi connectivity index (χ2n) is 5.61. The highest BCUT2D eigenvalue weighted by Crippen LogP contribution is 2.29. The maximum atomic E-state index is 12.7. The Balaban J connectivity index is 1.81. The zero-order valence-electron chi connectivity index (χ0n) is 12.5. The summed E-state index contributed by atoms with van der Waals surface area (Å²) in [7, 11) is 1.91. The Bertz CT molecular complexity index is 612. The fourth-order valence-corrected chi connectivity index (χ4v) is 3.78. The zero-order valence-corrected chi connectivity index (χ0v) is 13.3. The van der Waals surface area contributed by atoms with Gasteiger partial charge in [0.15, 0.2) is 10.8 Å². The van der Waals surface area contributed by atoms with E-state index < -0.39 is 0 Å². The highest BCUT2D eigenvalue weighted by atomic mass is 32.1. The van der Waals surface area contributed by atoms with Gasteiger partial charge in [-0.2, -0.15) is 0 Å². The van der Waals surface area contributed by atoms with Crippen molar-refractivity contribution in [1.82, 2.24) is 9.88 Å². The van der Waals surface area contributed by atoms with Gasteiger partial charge < -0.3 is 9.32 Å². The molecule has 1 amide bonds. The first-order valence-corrected chi connectivity index (χ1v) is 8.27. The second kappa shape index (κ2) is 6.02. The molecule has 2 aromatic heterocycles. The van der Waals surface area contributed by atoms with Crippen LogP contribution in [0.5, 0.6) is 0 Å². The largest absolute Gasteiger partial charge is 0.462 e. The summed E-state index contributed by atoms with van der Waals surface area (Å²) < 4.78 is 5.37. The molecule has 0 saturated heterocycles. The molecule has 1 aliphatic rings. The number of rotatable bonds is 3. The Morgan fingerprint density at radius 2 is 2.14 bits per heavy atom. The number of amides is 1. The van der Waals surface area contributed by atoms with Crippen molar-refractivity contribution >= 4 is 17.2 Å². The predicted octanol–water partition coefficient (Wildman–Crippen LogP) is 4.12. The molecule has 3 rings (SSSR count). The highest BCUT2D eigenvalue weighted by Gasteiger charge is 2.26. The summed E-state index contributed by atoms with van der Waals surface area (Å²) in [6.07, 6.45) is 7.57. The van der Waals surface area contributed by atoms with Gasteiger partial charge in [0, 0.05) is 18.0 Å². The van der Waals surface area contributed by atoms with E-state index in [0.717, 1.165) is 28.5 Å². The molecule has 0 aliphatic heterocycles. The molecule has 112 valence electrons. The van der Waals surface area contributed by atoms with Gasteiger partial charge in [-0.05, 0) is 31.9 Å². The molecule has 2 heterocycles. The Morgan fingerprint density at radius 1 is 1.38 bits per heavy atom. The predicted molar refractivity (Wildman–Crippen MR) is 83.5 cm³/mol. The summed E-state index contributed by atoms with van der Waals surface area (Å²) >= 11 is 1.51. The normalized spacial score (nSPS) is 16.1. The molecule has 21 heavy (non-hydrogen) atoms. The number of hydrogen-bond donors (Lipinski definition) is 0. The topological polar surface area (TPSA) is 46.3 Å². The van der Waals surface area contributed by atoms with E-state index >= 15 is 0 Å². The number of carbonyl (C=O) groups is 1. The maximum absolute atomic E-state index is 12.7. The third kappa shape index (κ3) is 2.88. The van der Waals surface area contributed by atoms with E-state index in [4.69, 9.17) is 4.42 Å². The molecule has 2 aromatic rings. The first kappa shape index (κ1) is 14.3. The van der Waals surface area contributed by atoms with Crippen molar-refractivity contribution in [1.29, 1.82) is 0 Å². The summed E-state index contributed by atoms with van der Waals surface area (Å²) in [6.45, 7) is 1.95. The number of hydrogen-bond acceptors (Lipinski definition) is 4. The molecule has 0 aromatic carbocycles. The molecule has 1 fully saturated rings. The number of carbonyl (C=O) groups excluding carboxylic acids is 1. The van der Waals surface area contributed by atoms with Gasteiger partial charge in [-0.25, -0.2) is 4.98 Å². The van der Waals surface area contributed by atoms with Gasteiger partial charge in [0.25, 0.3) is 5.91 Å². The lowest BCUT2D eigenvalue weighted by molar-refractivity contribution is 0.0690. The van der Waals surface area contributed by atoms with Crippen molar-refractivity contribution in [2.24, 2.45) is 0 Å². The van der Waals surface area contributed by atoms with Crippen molar-refractivity contribution in [3.63, 3.8) is 0 Å². The van der Waals surface area contributed by atoms with Crippen LogP contribution in [-0.2, 0) is 0 Å². The molecule has 0 spiro atoms. The van der Waals surface area contributed by atoms with E-state index in [0.29, 0.717) is 11.7 Å². The lowest BCUT2D eigenvalue weighted by Crippen LogP contribution is -2.38. The van der Waals surface area contributed by atoms with E-state index in [1.54, 1.807) is 6.26 Å². The van der Waals surface area contributed by atoms with E-state index in [9.17, 15) is 4.79 Å². The molecule has 1 aliphatic carbocycles. The minimum atomic E-state index is 0.0356. The van der Waals surface area contributed by atoms with Crippen LogP contribution >= 0.6 is 11.3 Å². The fraction of sp³-hybridized carbons (Fsp3) is 0.500. The lowest BCUT2D eigenvalue weighted by atomic mass is 9.94. The highest BCUT2D eigenvalue weighted by molar-refractivity contribution is 7.15. The molecule has 1 saturated carbocycles. The molecule has 0 radical (unpaired) electrons. The molecular formula is C16H20N2O2S. The standard InChI is InChI=1S/C16H20N2O2S/c1-11-14(17-15(21-11)13-9-6-10-20-13)16(19)18(2)12-7-4-3-5-8-12/h6,9-10,12H,3-5,7-8H2,1-2H3. The van der Waals surface area contributed by atoms with Crippen LogP contribution in [0.4, 0.5) is 0 Å². The number of nitrogens with zero attached hydrogens (tertiary/aromatic N) is 2. The van der Waals surface area contributed by atoms with Crippen LogP contribution in [0.15, 0.2) is 22.8 Å². The van der Waals surface area contributed by atoms with Crippen molar-refractivity contribution in [3.05, 3.63) is 29.0 Å². The smallest absolute Gasteiger partial charge is 0.273 e. The fourth-order valence-electron chi connectivity index (χ4n) is 2.90. The van der Waals surface area contributed by atoms with Gasteiger partial charge >= 0.3 is 0 Å². The first-order valence-electron chi connectivity index (χ1n) is 7.45. The summed E-state index contributed by atoms with van der Waals surface area (Å²) in [5.41, 5.74) is 0.569.